The van der Waals surface area contributed by atoms with Gasteiger partial charge in [0, 0.05) is 77.1 Å². The summed E-state index contributed by atoms with van der Waals surface area (Å²) in [5.74, 6) is 0.206. The third kappa shape index (κ3) is 9.37. The zero-order valence-corrected chi connectivity index (χ0v) is 34.0. The Morgan fingerprint density at radius 2 is 1.60 bits per heavy atom. The minimum atomic E-state index is -4.57. The van der Waals surface area contributed by atoms with Crippen molar-refractivity contribution in [1.29, 1.82) is 0 Å². The van der Waals surface area contributed by atoms with Crippen LogP contribution in [-0.4, -0.2) is 81.6 Å². The van der Waals surface area contributed by atoms with E-state index in [0.717, 1.165) is 65.6 Å². The minimum absolute atomic E-state index is 0.125. The smallest absolute Gasteiger partial charge is 0.296 e. The molecule has 1 aliphatic heterocycles. The van der Waals surface area contributed by atoms with Crippen molar-refractivity contribution in [2.75, 3.05) is 63.2 Å². The minimum Gasteiger partial charge on any atom is -0.456 e. The van der Waals surface area contributed by atoms with E-state index in [-0.39, 0.29) is 11.5 Å². The Morgan fingerprint density at radius 1 is 0.914 bits per heavy atom. The van der Waals surface area contributed by atoms with E-state index in [9.17, 15) is 23.3 Å². The molecule has 300 valence electrons. The van der Waals surface area contributed by atoms with E-state index in [0.29, 0.717) is 24.3 Å². The number of anilines is 2. The summed E-state index contributed by atoms with van der Waals surface area (Å²) in [4.78, 5) is 32.2. The zero-order chi connectivity index (χ0) is 40.8. The molecule has 0 bridgehead atoms. The van der Waals surface area contributed by atoms with Crippen LogP contribution in [0.5, 0.6) is 0 Å². The second-order valence-electron chi connectivity index (χ2n) is 14.6. The number of sulfonamides is 1. The summed E-state index contributed by atoms with van der Waals surface area (Å²) in [5.41, 5.74) is 9.83. The van der Waals surface area contributed by atoms with Crippen LogP contribution in [0, 0.1) is 10.1 Å². The summed E-state index contributed by atoms with van der Waals surface area (Å²) >= 11 is 1.56. The summed E-state index contributed by atoms with van der Waals surface area (Å²) in [7, 11) is -0.731. The Labute approximate surface area is 342 Å². The van der Waals surface area contributed by atoms with Gasteiger partial charge in [0.25, 0.3) is 21.6 Å². The maximum absolute atomic E-state index is 13.6. The average molecular weight is 819 g/mol. The van der Waals surface area contributed by atoms with Crippen molar-refractivity contribution < 1.29 is 22.6 Å². The van der Waals surface area contributed by atoms with Gasteiger partial charge in [-0.05, 0) is 87.2 Å². The van der Waals surface area contributed by atoms with Crippen LogP contribution < -0.4 is 15.4 Å². The number of nitrogens with two attached hydrogens (primary N) is 1. The SMILES string of the molecule is CN(C)CC[C@@H](CSc1ccccc1)c1ccc(S(=O)(=O)NC(=O)c2ccc(N3CCN(Cc4ccccc4-c4cc5ccccc5o4)CC3)cc2)c(N)c1[N+](=O)[O-]. The monoisotopic (exact) mass is 818 g/mol. The first-order valence-corrected chi connectivity index (χ1v) is 21.5. The number of nitro benzene ring substituents is 1. The van der Waals surface area contributed by atoms with E-state index in [1.54, 1.807) is 36.0 Å². The van der Waals surface area contributed by atoms with Crippen molar-refractivity contribution in [1.82, 2.24) is 14.5 Å². The van der Waals surface area contributed by atoms with Gasteiger partial charge >= 0.3 is 0 Å². The Hall–Kier alpha value is -5.67. The van der Waals surface area contributed by atoms with Crippen LogP contribution >= 0.6 is 11.8 Å². The number of carbonyl (C=O) groups is 1. The molecule has 1 fully saturated rings. The predicted octanol–water partition coefficient (Wildman–Crippen LogP) is 7.86. The van der Waals surface area contributed by atoms with Crippen LogP contribution in [0.2, 0.25) is 0 Å². The number of furan rings is 1. The number of nitrogens with one attached hydrogen (secondary N) is 1. The van der Waals surface area contributed by atoms with Crippen molar-refractivity contribution in [3.05, 3.63) is 148 Å². The first-order valence-electron chi connectivity index (χ1n) is 19.1. The molecule has 2 heterocycles. The third-order valence-electron chi connectivity index (χ3n) is 10.4. The molecule has 5 aromatic carbocycles. The number of thioether (sulfide) groups is 1. The Kier molecular flexibility index (Phi) is 12.5. The summed E-state index contributed by atoms with van der Waals surface area (Å²) in [6, 6.07) is 37.5. The number of benzene rings is 5. The molecule has 1 aliphatic rings. The molecule has 1 amide bonds. The van der Waals surface area contributed by atoms with Gasteiger partial charge in [-0.1, -0.05) is 66.7 Å². The fourth-order valence-electron chi connectivity index (χ4n) is 7.31. The van der Waals surface area contributed by atoms with Gasteiger partial charge in [0.1, 0.15) is 21.9 Å². The topological polar surface area (TPSA) is 155 Å². The maximum atomic E-state index is 13.6. The van der Waals surface area contributed by atoms with Gasteiger partial charge in [-0.3, -0.25) is 19.8 Å². The van der Waals surface area contributed by atoms with E-state index < -0.39 is 37.1 Å². The molecule has 1 aromatic heterocycles. The molecule has 58 heavy (non-hydrogen) atoms. The fourth-order valence-corrected chi connectivity index (χ4v) is 9.50. The van der Waals surface area contributed by atoms with Crippen molar-refractivity contribution in [2.24, 2.45) is 0 Å². The second-order valence-corrected chi connectivity index (χ2v) is 17.4. The highest BCUT2D eigenvalue weighted by molar-refractivity contribution is 7.99. The van der Waals surface area contributed by atoms with E-state index >= 15 is 0 Å². The molecule has 12 nitrogen and oxygen atoms in total. The van der Waals surface area contributed by atoms with Crippen molar-refractivity contribution in [3.8, 4) is 11.3 Å². The number of carbonyl (C=O) groups excluding carboxylic acids is 1. The normalized spacial score (nSPS) is 14.2. The lowest BCUT2D eigenvalue weighted by molar-refractivity contribution is -0.384. The molecular weight excluding hydrogens is 773 g/mol. The number of hydrogen-bond donors (Lipinski definition) is 2. The van der Waals surface area contributed by atoms with E-state index in [2.05, 4.69) is 32.7 Å². The highest BCUT2D eigenvalue weighted by atomic mass is 32.2. The molecule has 0 unspecified atom stereocenters. The Bertz CT molecular complexity index is 2470. The molecule has 3 N–H and O–H groups in total. The third-order valence-corrected chi connectivity index (χ3v) is 13.0. The van der Waals surface area contributed by atoms with Crippen LogP contribution in [0.1, 0.15) is 33.8 Å². The molecule has 1 saturated heterocycles. The predicted molar refractivity (Wildman–Crippen MR) is 231 cm³/mol. The summed E-state index contributed by atoms with van der Waals surface area (Å²) in [6.07, 6.45) is 0.584. The first kappa shape index (κ1) is 40.5. The van der Waals surface area contributed by atoms with E-state index in [1.807, 2.05) is 85.7 Å². The van der Waals surface area contributed by atoms with E-state index in [1.165, 1.54) is 17.7 Å². The molecule has 0 aliphatic carbocycles. The highest BCUT2D eigenvalue weighted by Gasteiger charge is 2.32. The molecule has 7 rings (SSSR count). The van der Waals surface area contributed by atoms with Gasteiger partial charge < -0.3 is 20.0 Å². The molecule has 6 aromatic rings. The van der Waals surface area contributed by atoms with Gasteiger partial charge in [-0.25, -0.2) is 13.1 Å². The number of amides is 1. The number of piperazine rings is 1. The van der Waals surface area contributed by atoms with Crippen LogP contribution in [0.25, 0.3) is 22.3 Å². The van der Waals surface area contributed by atoms with Gasteiger partial charge in [0.05, 0.1) is 4.92 Å². The summed E-state index contributed by atoms with van der Waals surface area (Å²) in [5, 5.41) is 13.5. The lowest BCUT2D eigenvalue weighted by Gasteiger charge is -2.36. The van der Waals surface area contributed by atoms with Crippen molar-refractivity contribution in [2.45, 2.75) is 28.7 Å². The average Bonchev–Trinajstić information content (AvgIpc) is 3.66. The standard InChI is InChI=1S/C44H46N6O6S2/c1-47(2)23-22-34(30-57-36-12-4-3-5-13-36)38-20-21-41(42(45)43(38)50(52)53)58(54,55)46-44(51)31-16-18-35(19-17-31)49-26-24-48(25-27-49)29-33-11-6-8-14-37(33)40-28-32-10-7-9-15-39(32)56-40/h3-21,28,34H,22-27,29-30,45H2,1-2H3,(H,46,51)/t34-/m0/s1. The fraction of sp³-hybridized carbons (Fsp3) is 0.250. The molecule has 0 saturated carbocycles. The quantitative estimate of drug-likeness (QED) is 0.0450. The number of hydrogen-bond acceptors (Lipinski definition) is 11. The van der Waals surface area contributed by atoms with Gasteiger partial charge in [-0.2, -0.15) is 0 Å². The Morgan fingerprint density at radius 3 is 2.31 bits per heavy atom. The molecule has 0 radical (unpaired) electrons. The number of para-hydroxylation sites is 1. The molecular formula is C44H46N6O6S2. The van der Waals surface area contributed by atoms with Gasteiger partial charge in [0.2, 0.25) is 0 Å². The molecule has 14 heteroatoms. The number of nitrogen functional groups attached to an aromatic ring is 1. The first-order chi connectivity index (χ1) is 28.0. The maximum Gasteiger partial charge on any atom is 0.296 e. The lowest BCUT2D eigenvalue weighted by Crippen LogP contribution is -2.46. The van der Waals surface area contributed by atoms with Crippen LogP contribution in [0.3, 0.4) is 0 Å². The van der Waals surface area contributed by atoms with E-state index in [4.69, 9.17) is 10.2 Å². The molecule has 1 atom stereocenters. The second kappa shape index (κ2) is 17.9. The molecule has 0 spiro atoms. The number of nitro groups is 1. The van der Waals surface area contributed by atoms with Crippen LogP contribution in [0.15, 0.2) is 136 Å². The lowest BCUT2D eigenvalue weighted by atomic mass is 9.95. The highest BCUT2D eigenvalue weighted by Crippen LogP contribution is 2.40. The number of rotatable bonds is 15. The van der Waals surface area contributed by atoms with Gasteiger partial charge in [0.15, 0.2) is 0 Å². The van der Waals surface area contributed by atoms with Crippen molar-refractivity contribution >= 4 is 55.7 Å². The van der Waals surface area contributed by atoms with Gasteiger partial charge in [-0.15, -0.1) is 11.8 Å². The number of fused-ring (bicyclic) bond motifs is 1. The summed E-state index contributed by atoms with van der Waals surface area (Å²) < 4.78 is 35.4. The van der Waals surface area contributed by atoms with Crippen molar-refractivity contribution in [3.63, 3.8) is 0 Å². The Balaban J connectivity index is 0.993. The largest absolute Gasteiger partial charge is 0.456 e. The van der Waals surface area contributed by atoms with Crippen LogP contribution in [0.4, 0.5) is 17.1 Å². The zero-order valence-electron chi connectivity index (χ0n) is 32.4. The van der Waals surface area contributed by atoms with Crippen LogP contribution in [-0.2, 0) is 16.6 Å². The number of nitrogens with zero attached hydrogens (tertiary/aromatic N) is 4. The summed E-state index contributed by atoms with van der Waals surface area (Å²) in [6.45, 7) is 4.61.